The van der Waals surface area contributed by atoms with Crippen LogP contribution in [0.1, 0.15) is 43.6 Å². The summed E-state index contributed by atoms with van der Waals surface area (Å²) < 4.78 is 30.3. The first-order valence-electron chi connectivity index (χ1n) is 10.3. The molecule has 0 fully saturated rings. The molecule has 0 unspecified atom stereocenters. The Morgan fingerprint density at radius 3 is 2.25 bits per heavy atom. The van der Waals surface area contributed by atoms with Gasteiger partial charge in [-0.3, -0.25) is 14.9 Å². The average Bonchev–Trinajstić information content (AvgIpc) is 2.73. The summed E-state index contributed by atoms with van der Waals surface area (Å²) in [4.78, 5) is 24.1. The average molecular weight is 448 g/mol. The second kappa shape index (κ2) is 11.3. The first-order chi connectivity index (χ1) is 15.1. The van der Waals surface area contributed by atoms with E-state index in [1.54, 1.807) is 6.07 Å². The second-order valence-electron chi connectivity index (χ2n) is 8.11. The highest BCUT2D eigenvalue weighted by Crippen LogP contribution is 2.38. The van der Waals surface area contributed by atoms with E-state index in [4.69, 9.17) is 14.2 Å². The lowest BCUT2D eigenvalue weighted by Gasteiger charge is -2.18. The summed E-state index contributed by atoms with van der Waals surface area (Å²) >= 11 is 0. The Morgan fingerprint density at radius 1 is 1.06 bits per heavy atom. The Balaban J connectivity index is 2.40. The monoisotopic (exact) mass is 448 g/mol. The normalized spacial score (nSPS) is 10.9. The van der Waals surface area contributed by atoms with Gasteiger partial charge in [0.2, 0.25) is 5.75 Å². The molecule has 0 saturated heterocycles. The van der Waals surface area contributed by atoms with E-state index in [1.807, 2.05) is 27.7 Å². The van der Waals surface area contributed by atoms with Gasteiger partial charge in [-0.2, -0.15) is 0 Å². The molecule has 8 nitrogen and oxygen atoms in total. The molecular weight excluding hydrogens is 419 g/mol. The second-order valence-corrected chi connectivity index (χ2v) is 8.11. The topological polar surface area (TPSA) is 99.9 Å². The number of benzene rings is 2. The van der Waals surface area contributed by atoms with E-state index in [-0.39, 0.29) is 53.5 Å². The molecule has 0 aromatic heterocycles. The summed E-state index contributed by atoms with van der Waals surface area (Å²) in [5.41, 5.74) is 0.106. The molecule has 0 heterocycles. The summed E-state index contributed by atoms with van der Waals surface area (Å²) in [6.45, 7) is 8.16. The van der Waals surface area contributed by atoms with Crippen molar-refractivity contribution in [2.45, 2.75) is 34.2 Å². The minimum atomic E-state index is -0.623. The van der Waals surface area contributed by atoms with Crippen molar-refractivity contribution < 1.29 is 28.3 Å². The van der Waals surface area contributed by atoms with Crippen molar-refractivity contribution in [3.8, 4) is 17.2 Å². The molecule has 1 N–H and O–H groups in total. The SMILES string of the molecule is COc1ccc(CNC(=O)c2c(OCC(C)C)ccc([N+](=O)[O-])c2OCC(C)C)cc1F. The van der Waals surface area contributed by atoms with Crippen LogP contribution in [-0.4, -0.2) is 31.2 Å². The zero-order chi connectivity index (χ0) is 23.8. The van der Waals surface area contributed by atoms with E-state index in [0.717, 1.165) is 0 Å². The van der Waals surface area contributed by atoms with Gasteiger partial charge in [-0.05, 0) is 35.6 Å². The Kier molecular flexibility index (Phi) is 8.80. The van der Waals surface area contributed by atoms with E-state index in [1.165, 1.54) is 31.4 Å². The fourth-order valence-corrected chi connectivity index (χ4v) is 2.78. The smallest absolute Gasteiger partial charge is 0.312 e. The van der Waals surface area contributed by atoms with Crippen LogP contribution in [0.15, 0.2) is 30.3 Å². The van der Waals surface area contributed by atoms with Crippen molar-refractivity contribution in [2.75, 3.05) is 20.3 Å². The number of amides is 1. The summed E-state index contributed by atoms with van der Waals surface area (Å²) in [7, 11) is 1.36. The maximum Gasteiger partial charge on any atom is 0.312 e. The van der Waals surface area contributed by atoms with Gasteiger partial charge in [0, 0.05) is 12.6 Å². The van der Waals surface area contributed by atoms with Gasteiger partial charge >= 0.3 is 5.69 Å². The molecule has 2 rings (SSSR count). The van der Waals surface area contributed by atoms with Crippen molar-refractivity contribution >= 4 is 11.6 Å². The van der Waals surface area contributed by atoms with Crippen molar-refractivity contribution in [2.24, 2.45) is 11.8 Å². The maximum atomic E-state index is 14.0. The minimum absolute atomic E-state index is 0.00429. The summed E-state index contributed by atoms with van der Waals surface area (Å²) in [6, 6.07) is 6.98. The van der Waals surface area contributed by atoms with Gasteiger partial charge in [0.05, 0.1) is 25.2 Å². The number of nitrogens with zero attached hydrogens (tertiary/aromatic N) is 1. The molecule has 32 heavy (non-hydrogen) atoms. The molecule has 2 aromatic rings. The molecule has 0 atom stereocenters. The Bertz CT molecular complexity index is 962. The van der Waals surface area contributed by atoms with Crippen LogP contribution in [0.4, 0.5) is 10.1 Å². The van der Waals surface area contributed by atoms with Crippen LogP contribution in [0, 0.1) is 27.8 Å². The number of hydrogen-bond donors (Lipinski definition) is 1. The van der Waals surface area contributed by atoms with Gasteiger partial charge in [0.25, 0.3) is 5.91 Å². The largest absolute Gasteiger partial charge is 0.494 e. The highest BCUT2D eigenvalue weighted by molar-refractivity contribution is 6.01. The van der Waals surface area contributed by atoms with Gasteiger partial charge in [-0.1, -0.05) is 33.8 Å². The van der Waals surface area contributed by atoms with E-state index in [9.17, 15) is 19.3 Å². The van der Waals surface area contributed by atoms with Gasteiger partial charge in [0.1, 0.15) is 11.3 Å². The predicted molar refractivity (Wildman–Crippen MR) is 118 cm³/mol. The lowest BCUT2D eigenvalue weighted by molar-refractivity contribution is -0.385. The number of methoxy groups -OCH3 is 1. The third-order valence-electron chi connectivity index (χ3n) is 4.32. The van der Waals surface area contributed by atoms with Crippen molar-refractivity contribution in [1.29, 1.82) is 0 Å². The summed E-state index contributed by atoms with van der Waals surface area (Å²) in [6.07, 6.45) is 0. The molecule has 0 radical (unpaired) electrons. The van der Waals surface area contributed by atoms with Crippen LogP contribution < -0.4 is 19.5 Å². The van der Waals surface area contributed by atoms with Gasteiger partial charge < -0.3 is 19.5 Å². The molecule has 0 aliphatic heterocycles. The number of nitrogens with one attached hydrogen (secondary N) is 1. The lowest BCUT2D eigenvalue weighted by atomic mass is 10.1. The number of ether oxygens (including phenoxy) is 3. The molecule has 0 aliphatic carbocycles. The molecule has 174 valence electrons. The minimum Gasteiger partial charge on any atom is -0.494 e. The van der Waals surface area contributed by atoms with Crippen LogP contribution in [0.2, 0.25) is 0 Å². The lowest BCUT2D eigenvalue weighted by Crippen LogP contribution is -2.25. The van der Waals surface area contributed by atoms with Crippen molar-refractivity contribution in [3.05, 3.63) is 57.4 Å². The third-order valence-corrected chi connectivity index (χ3v) is 4.32. The zero-order valence-corrected chi connectivity index (χ0v) is 18.9. The Hall–Kier alpha value is -3.36. The van der Waals surface area contributed by atoms with E-state index >= 15 is 0 Å². The van der Waals surface area contributed by atoms with Gasteiger partial charge in [-0.15, -0.1) is 0 Å². The number of nitro groups is 1. The third kappa shape index (κ3) is 6.57. The van der Waals surface area contributed by atoms with Gasteiger partial charge in [0.15, 0.2) is 11.6 Å². The molecule has 2 aromatic carbocycles. The summed E-state index contributed by atoms with van der Waals surface area (Å²) in [5.74, 6) is -0.812. The quantitative estimate of drug-likeness (QED) is 0.394. The van der Waals surface area contributed by atoms with Crippen LogP contribution >= 0.6 is 0 Å². The van der Waals surface area contributed by atoms with Crippen LogP contribution in [-0.2, 0) is 6.54 Å². The predicted octanol–water partition coefficient (Wildman–Crippen LogP) is 4.74. The molecule has 1 amide bonds. The number of carbonyl (C=O) groups is 1. The van der Waals surface area contributed by atoms with E-state index in [0.29, 0.717) is 12.2 Å². The number of rotatable bonds is 11. The first kappa shape index (κ1) is 24.9. The van der Waals surface area contributed by atoms with Crippen LogP contribution in [0.25, 0.3) is 0 Å². The van der Waals surface area contributed by atoms with Crippen molar-refractivity contribution in [3.63, 3.8) is 0 Å². The number of nitro benzene ring substituents is 1. The summed E-state index contributed by atoms with van der Waals surface area (Å²) in [5, 5.41) is 14.3. The molecule has 0 aliphatic rings. The zero-order valence-electron chi connectivity index (χ0n) is 18.9. The maximum absolute atomic E-state index is 14.0. The standard InChI is InChI=1S/C23H29FN2O6/c1-14(2)12-31-20-9-7-18(26(28)29)22(32-13-15(3)4)21(20)23(27)25-11-16-6-8-19(30-5)17(24)10-16/h6-10,14-15H,11-13H2,1-5H3,(H,25,27). The Morgan fingerprint density at radius 2 is 1.69 bits per heavy atom. The van der Waals surface area contributed by atoms with E-state index in [2.05, 4.69) is 5.32 Å². The fraction of sp³-hybridized carbons (Fsp3) is 0.435. The van der Waals surface area contributed by atoms with Crippen molar-refractivity contribution in [1.82, 2.24) is 5.32 Å². The van der Waals surface area contributed by atoms with E-state index < -0.39 is 16.6 Å². The molecular formula is C23H29FN2O6. The number of hydrogen-bond acceptors (Lipinski definition) is 6. The number of halogens is 1. The van der Waals surface area contributed by atoms with Gasteiger partial charge in [-0.25, -0.2) is 4.39 Å². The fourth-order valence-electron chi connectivity index (χ4n) is 2.78. The molecule has 0 bridgehead atoms. The van der Waals surface area contributed by atoms with Crippen LogP contribution in [0.5, 0.6) is 17.2 Å². The number of carbonyl (C=O) groups excluding carboxylic acids is 1. The molecule has 0 saturated carbocycles. The highest BCUT2D eigenvalue weighted by Gasteiger charge is 2.28. The highest BCUT2D eigenvalue weighted by atomic mass is 19.1. The Labute approximate surface area is 186 Å². The molecule has 0 spiro atoms. The molecule has 9 heteroatoms. The van der Waals surface area contributed by atoms with Crippen LogP contribution in [0.3, 0.4) is 0 Å². The first-order valence-corrected chi connectivity index (χ1v) is 10.3.